The van der Waals surface area contributed by atoms with E-state index in [1.54, 1.807) is 18.0 Å². The number of amides is 3. The molecule has 0 bridgehead atoms. The first-order valence-electron chi connectivity index (χ1n) is 10.7. The molecule has 0 fully saturated rings. The van der Waals surface area contributed by atoms with Crippen LogP contribution in [0.25, 0.3) is 0 Å². The fraction of sp³-hybridized carbons (Fsp3) is 0.292. The molecule has 178 valence electrons. The Morgan fingerprint density at radius 2 is 1.88 bits per heavy atom. The predicted octanol–water partition coefficient (Wildman–Crippen LogP) is 3.11. The highest BCUT2D eigenvalue weighted by Gasteiger charge is 2.38. The molecule has 34 heavy (non-hydrogen) atoms. The molecule has 3 rings (SSSR count). The van der Waals surface area contributed by atoms with Crippen LogP contribution in [-0.2, 0) is 16.0 Å². The SMILES string of the molecule is CC1=C(C(=O)O)C(c2cccc([N+](=O)[O-])c2)N(CCCN(C)C(=O)Cc2ccccc2)C(=O)N1. The zero-order chi connectivity index (χ0) is 24.8. The van der Waals surface area contributed by atoms with Crippen LogP contribution in [-0.4, -0.2) is 57.9 Å². The summed E-state index contributed by atoms with van der Waals surface area (Å²) in [5.74, 6) is -1.30. The van der Waals surface area contributed by atoms with Crippen molar-refractivity contribution in [2.75, 3.05) is 20.1 Å². The summed E-state index contributed by atoms with van der Waals surface area (Å²) in [5, 5.41) is 23.6. The monoisotopic (exact) mass is 466 g/mol. The van der Waals surface area contributed by atoms with E-state index in [4.69, 9.17) is 0 Å². The van der Waals surface area contributed by atoms with E-state index in [1.165, 1.54) is 30.0 Å². The Hall–Kier alpha value is -4.21. The fourth-order valence-corrected chi connectivity index (χ4v) is 3.95. The third kappa shape index (κ3) is 5.58. The Labute approximate surface area is 196 Å². The van der Waals surface area contributed by atoms with E-state index < -0.39 is 23.0 Å². The standard InChI is InChI=1S/C24H26N4O6/c1-16-21(23(30)31)22(18-10-6-11-19(15-18)28(33)34)27(24(32)25-16)13-7-12-26(2)20(29)14-17-8-4-3-5-9-17/h3-6,8-11,15,22H,7,12-14H2,1-2H3,(H,25,32)(H,30,31). The van der Waals surface area contributed by atoms with Gasteiger partial charge in [-0.1, -0.05) is 42.5 Å². The number of likely N-dealkylation sites (N-methyl/N-ethyl adjacent to an activating group) is 1. The van der Waals surface area contributed by atoms with Gasteiger partial charge in [0.25, 0.3) is 5.69 Å². The van der Waals surface area contributed by atoms with E-state index in [1.807, 2.05) is 30.3 Å². The molecular weight excluding hydrogens is 440 g/mol. The van der Waals surface area contributed by atoms with Crippen LogP contribution in [0.3, 0.4) is 0 Å². The van der Waals surface area contributed by atoms with Crippen LogP contribution in [0.1, 0.15) is 30.5 Å². The van der Waals surface area contributed by atoms with Gasteiger partial charge in [0, 0.05) is 38.0 Å². The normalized spacial score (nSPS) is 15.6. The van der Waals surface area contributed by atoms with Crippen molar-refractivity contribution in [3.05, 3.63) is 87.1 Å². The minimum Gasteiger partial charge on any atom is -0.478 e. The lowest BCUT2D eigenvalue weighted by atomic mass is 9.93. The van der Waals surface area contributed by atoms with Gasteiger partial charge in [-0.3, -0.25) is 14.9 Å². The zero-order valence-electron chi connectivity index (χ0n) is 18.9. The molecule has 1 atom stereocenters. The minimum absolute atomic E-state index is 0.0615. The number of nitro benzene ring substituents is 1. The van der Waals surface area contributed by atoms with Gasteiger partial charge in [-0.05, 0) is 24.5 Å². The van der Waals surface area contributed by atoms with Gasteiger partial charge in [-0.15, -0.1) is 0 Å². The molecular formula is C24H26N4O6. The molecule has 1 aliphatic rings. The largest absolute Gasteiger partial charge is 0.478 e. The maximum absolute atomic E-state index is 12.8. The first kappa shape index (κ1) is 24.4. The Morgan fingerprint density at radius 3 is 2.53 bits per heavy atom. The third-order valence-electron chi connectivity index (χ3n) is 5.69. The number of non-ortho nitro benzene ring substituents is 1. The molecule has 2 N–H and O–H groups in total. The number of nitro groups is 1. The molecule has 3 amide bonds. The molecule has 0 radical (unpaired) electrons. The van der Waals surface area contributed by atoms with Crippen LogP contribution in [0.15, 0.2) is 65.9 Å². The number of urea groups is 1. The molecule has 10 heteroatoms. The summed E-state index contributed by atoms with van der Waals surface area (Å²) in [6.07, 6.45) is 0.644. The first-order chi connectivity index (χ1) is 16.2. The maximum Gasteiger partial charge on any atom is 0.335 e. The van der Waals surface area contributed by atoms with Crippen molar-refractivity contribution in [1.82, 2.24) is 15.1 Å². The molecule has 0 spiro atoms. The van der Waals surface area contributed by atoms with Gasteiger partial charge in [-0.2, -0.15) is 0 Å². The van der Waals surface area contributed by atoms with Gasteiger partial charge in [-0.25, -0.2) is 9.59 Å². The molecule has 0 saturated heterocycles. The molecule has 0 aromatic heterocycles. The second-order valence-electron chi connectivity index (χ2n) is 8.05. The quantitative estimate of drug-likeness (QED) is 0.431. The average Bonchev–Trinajstić information content (AvgIpc) is 2.80. The molecule has 2 aromatic rings. The van der Waals surface area contributed by atoms with E-state index in [9.17, 15) is 29.6 Å². The number of hydrogen-bond donors (Lipinski definition) is 2. The summed E-state index contributed by atoms with van der Waals surface area (Å²) in [5.41, 5.74) is 1.15. The van der Waals surface area contributed by atoms with Crippen LogP contribution >= 0.6 is 0 Å². The average molecular weight is 466 g/mol. The van der Waals surface area contributed by atoms with E-state index in [-0.39, 0.29) is 35.8 Å². The van der Waals surface area contributed by atoms with Gasteiger partial charge < -0.3 is 20.2 Å². The van der Waals surface area contributed by atoms with Crippen LogP contribution in [0.4, 0.5) is 10.5 Å². The number of benzene rings is 2. The Bertz CT molecular complexity index is 1130. The van der Waals surface area contributed by atoms with Crippen molar-refractivity contribution in [3.8, 4) is 0 Å². The minimum atomic E-state index is -1.23. The Morgan fingerprint density at radius 1 is 1.18 bits per heavy atom. The topological polar surface area (TPSA) is 133 Å². The molecule has 1 aliphatic heterocycles. The number of hydrogen-bond acceptors (Lipinski definition) is 5. The highest BCUT2D eigenvalue weighted by Crippen LogP contribution is 2.35. The second-order valence-corrected chi connectivity index (χ2v) is 8.05. The van der Waals surface area contributed by atoms with E-state index in [0.717, 1.165) is 5.56 Å². The van der Waals surface area contributed by atoms with Crippen molar-refractivity contribution in [2.24, 2.45) is 0 Å². The molecule has 2 aromatic carbocycles. The highest BCUT2D eigenvalue weighted by atomic mass is 16.6. The van der Waals surface area contributed by atoms with Gasteiger partial charge in [0.15, 0.2) is 0 Å². The maximum atomic E-state index is 12.8. The van der Waals surface area contributed by atoms with E-state index in [2.05, 4.69) is 5.32 Å². The van der Waals surface area contributed by atoms with E-state index >= 15 is 0 Å². The summed E-state index contributed by atoms with van der Waals surface area (Å²) in [6, 6.07) is 13.4. The molecule has 1 heterocycles. The summed E-state index contributed by atoms with van der Waals surface area (Å²) in [4.78, 5) is 50.9. The second kappa shape index (κ2) is 10.6. The van der Waals surface area contributed by atoms with Crippen LogP contribution < -0.4 is 5.32 Å². The van der Waals surface area contributed by atoms with Gasteiger partial charge in [0.05, 0.1) is 23.0 Å². The van der Waals surface area contributed by atoms with Crippen LogP contribution in [0.2, 0.25) is 0 Å². The summed E-state index contributed by atoms with van der Waals surface area (Å²) in [7, 11) is 1.67. The number of carbonyl (C=O) groups is 3. The fourth-order valence-electron chi connectivity index (χ4n) is 3.95. The number of allylic oxidation sites excluding steroid dienone is 1. The number of nitrogens with zero attached hydrogens (tertiary/aromatic N) is 3. The molecule has 1 unspecified atom stereocenters. The van der Waals surface area contributed by atoms with Gasteiger partial charge >= 0.3 is 12.0 Å². The number of rotatable bonds is 9. The summed E-state index contributed by atoms with van der Waals surface area (Å²) >= 11 is 0. The summed E-state index contributed by atoms with van der Waals surface area (Å²) < 4.78 is 0. The third-order valence-corrected chi connectivity index (χ3v) is 5.69. The Kier molecular flexibility index (Phi) is 7.62. The summed E-state index contributed by atoms with van der Waals surface area (Å²) in [6.45, 7) is 1.98. The van der Waals surface area contributed by atoms with E-state index in [0.29, 0.717) is 18.5 Å². The Balaban J connectivity index is 1.77. The van der Waals surface area contributed by atoms with Crippen molar-refractivity contribution >= 4 is 23.6 Å². The predicted molar refractivity (Wildman–Crippen MR) is 124 cm³/mol. The number of carboxylic acids is 1. The van der Waals surface area contributed by atoms with Crippen molar-refractivity contribution in [1.29, 1.82) is 0 Å². The molecule has 10 nitrogen and oxygen atoms in total. The molecule has 0 saturated carbocycles. The number of carboxylic acid groups (broad SMARTS) is 1. The lowest BCUT2D eigenvalue weighted by Crippen LogP contribution is -2.49. The van der Waals surface area contributed by atoms with Crippen molar-refractivity contribution in [3.63, 3.8) is 0 Å². The number of aliphatic carboxylic acids is 1. The zero-order valence-corrected chi connectivity index (χ0v) is 18.9. The smallest absolute Gasteiger partial charge is 0.335 e. The van der Waals surface area contributed by atoms with Crippen LogP contribution in [0, 0.1) is 10.1 Å². The number of carbonyl (C=O) groups excluding carboxylic acids is 2. The lowest BCUT2D eigenvalue weighted by Gasteiger charge is -2.37. The van der Waals surface area contributed by atoms with Crippen LogP contribution in [0.5, 0.6) is 0 Å². The van der Waals surface area contributed by atoms with Gasteiger partial charge in [0.1, 0.15) is 0 Å². The highest BCUT2D eigenvalue weighted by molar-refractivity contribution is 5.93. The first-order valence-corrected chi connectivity index (χ1v) is 10.7. The van der Waals surface area contributed by atoms with Crippen molar-refractivity contribution < 1.29 is 24.4 Å². The lowest BCUT2D eigenvalue weighted by molar-refractivity contribution is -0.384. The van der Waals surface area contributed by atoms with Gasteiger partial charge in [0.2, 0.25) is 5.91 Å². The number of nitrogens with one attached hydrogen (secondary N) is 1. The van der Waals surface area contributed by atoms with Crippen molar-refractivity contribution in [2.45, 2.75) is 25.8 Å². The molecule has 0 aliphatic carbocycles.